The maximum Gasteiger partial charge on any atom is 0.303 e. The molecule has 13 heavy (non-hydrogen) atoms. The van der Waals surface area contributed by atoms with Crippen LogP contribution < -0.4 is 0 Å². The fourth-order valence-electron chi connectivity index (χ4n) is 1.17. The first-order valence-electron chi connectivity index (χ1n) is 4.07. The van der Waals surface area contributed by atoms with Crippen molar-refractivity contribution in [3.05, 3.63) is 33.4 Å². The quantitative estimate of drug-likeness (QED) is 0.869. The Hall–Kier alpha value is -0.580. The van der Waals surface area contributed by atoms with Crippen molar-refractivity contribution in [3.63, 3.8) is 0 Å². The number of carboxylic acid groups (broad SMARTS) is 1. The van der Waals surface area contributed by atoms with Gasteiger partial charge in [0.25, 0.3) is 0 Å². The van der Waals surface area contributed by atoms with Crippen LogP contribution in [0.4, 0.5) is 0 Å². The van der Waals surface area contributed by atoms with Crippen LogP contribution >= 0.6 is 22.6 Å². The molecule has 1 unspecified atom stereocenters. The molecule has 1 aromatic carbocycles. The number of rotatable bonds is 3. The van der Waals surface area contributed by atoms with Gasteiger partial charge < -0.3 is 5.11 Å². The van der Waals surface area contributed by atoms with E-state index in [-0.39, 0.29) is 12.3 Å². The molecule has 1 N–H and O–H groups in total. The minimum atomic E-state index is -0.744. The average molecular weight is 290 g/mol. The van der Waals surface area contributed by atoms with Crippen molar-refractivity contribution < 1.29 is 9.90 Å². The van der Waals surface area contributed by atoms with Crippen molar-refractivity contribution in [3.8, 4) is 0 Å². The smallest absolute Gasteiger partial charge is 0.303 e. The molecule has 0 aliphatic heterocycles. The zero-order chi connectivity index (χ0) is 9.84. The van der Waals surface area contributed by atoms with Crippen LogP contribution in [0.2, 0.25) is 0 Å². The zero-order valence-electron chi connectivity index (χ0n) is 7.33. The SMILES string of the molecule is CC(CC(=O)O)c1ccc(I)cc1. The predicted molar refractivity (Wildman–Crippen MR) is 59.8 cm³/mol. The molecule has 0 bridgehead atoms. The lowest BCUT2D eigenvalue weighted by Gasteiger charge is -2.08. The number of hydrogen-bond acceptors (Lipinski definition) is 1. The van der Waals surface area contributed by atoms with E-state index >= 15 is 0 Å². The summed E-state index contributed by atoms with van der Waals surface area (Å²) in [5.74, 6) is -0.652. The van der Waals surface area contributed by atoms with Gasteiger partial charge in [-0.3, -0.25) is 4.79 Å². The summed E-state index contributed by atoms with van der Waals surface area (Å²) in [5.41, 5.74) is 1.09. The van der Waals surface area contributed by atoms with Crippen molar-refractivity contribution in [2.75, 3.05) is 0 Å². The van der Waals surface area contributed by atoms with E-state index in [1.165, 1.54) is 3.57 Å². The summed E-state index contributed by atoms with van der Waals surface area (Å²) in [5, 5.41) is 8.60. The van der Waals surface area contributed by atoms with Gasteiger partial charge in [0.05, 0.1) is 6.42 Å². The van der Waals surface area contributed by atoms with Crippen molar-refractivity contribution >= 4 is 28.6 Å². The second-order valence-electron chi connectivity index (χ2n) is 3.05. The standard InChI is InChI=1S/C10H11IO2/c1-7(6-10(12)13)8-2-4-9(11)5-3-8/h2-5,7H,6H2,1H3,(H,12,13). The lowest BCUT2D eigenvalue weighted by atomic mass is 9.98. The fraction of sp³-hybridized carbons (Fsp3) is 0.300. The third kappa shape index (κ3) is 3.34. The molecule has 0 spiro atoms. The number of hydrogen-bond donors (Lipinski definition) is 1. The van der Waals surface area contributed by atoms with Gasteiger partial charge in [-0.2, -0.15) is 0 Å². The monoisotopic (exact) mass is 290 g/mol. The first kappa shape index (κ1) is 10.5. The molecule has 70 valence electrons. The molecule has 1 atom stereocenters. The lowest BCUT2D eigenvalue weighted by Crippen LogP contribution is -2.02. The van der Waals surface area contributed by atoms with Gasteiger partial charge in [0.1, 0.15) is 0 Å². The third-order valence-electron chi connectivity index (χ3n) is 1.92. The van der Waals surface area contributed by atoms with Crippen LogP contribution in [0.15, 0.2) is 24.3 Å². The highest BCUT2D eigenvalue weighted by Crippen LogP contribution is 2.19. The molecule has 0 heterocycles. The van der Waals surface area contributed by atoms with Crippen LogP contribution in [-0.4, -0.2) is 11.1 Å². The highest BCUT2D eigenvalue weighted by atomic mass is 127. The Kier molecular flexibility index (Phi) is 3.71. The molecule has 0 aliphatic carbocycles. The van der Waals surface area contributed by atoms with Crippen LogP contribution in [0, 0.1) is 3.57 Å². The van der Waals surface area contributed by atoms with E-state index in [2.05, 4.69) is 22.6 Å². The first-order chi connectivity index (χ1) is 6.09. The fourth-order valence-corrected chi connectivity index (χ4v) is 1.53. The molecule has 0 saturated heterocycles. The maximum absolute atomic E-state index is 10.4. The van der Waals surface area contributed by atoms with Gasteiger partial charge in [-0.15, -0.1) is 0 Å². The normalized spacial score (nSPS) is 12.5. The summed E-state index contributed by atoms with van der Waals surface area (Å²) < 4.78 is 1.17. The topological polar surface area (TPSA) is 37.3 Å². The summed E-state index contributed by atoms with van der Waals surface area (Å²) in [4.78, 5) is 10.4. The summed E-state index contributed by atoms with van der Waals surface area (Å²) in [6, 6.07) is 7.95. The summed E-state index contributed by atoms with van der Waals surface area (Å²) >= 11 is 2.23. The van der Waals surface area contributed by atoms with E-state index in [4.69, 9.17) is 5.11 Å². The molecule has 2 nitrogen and oxygen atoms in total. The van der Waals surface area contributed by atoms with Gasteiger partial charge in [-0.05, 0) is 46.2 Å². The molecule has 0 saturated carbocycles. The van der Waals surface area contributed by atoms with E-state index in [1.54, 1.807) is 0 Å². The molecule has 0 fully saturated rings. The van der Waals surface area contributed by atoms with Crippen molar-refractivity contribution in [2.24, 2.45) is 0 Å². The predicted octanol–water partition coefficient (Wildman–Crippen LogP) is 2.87. The number of carboxylic acids is 1. The largest absolute Gasteiger partial charge is 0.481 e. The Morgan fingerprint density at radius 2 is 2.00 bits per heavy atom. The lowest BCUT2D eigenvalue weighted by molar-refractivity contribution is -0.137. The Bertz CT molecular complexity index is 292. The van der Waals surface area contributed by atoms with Gasteiger partial charge in [0.15, 0.2) is 0 Å². The summed E-state index contributed by atoms with van der Waals surface area (Å²) in [6.07, 6.45) is 0.195. The van der Waals surface area contributed by atoms with Crippen molar-refractivity contribution in [2.45, 2.75) is 19.3 Å². The molecule has 1 aromatic rings. The Labute approximate surface area is 91.1 Å². The van der Waals surface area contributed by atoms with Gasteiger partial charge in [0, 0.05) is 3.57 Å². The number of aliphatic carboxylic acids is 1. The Balaban J connectivity index is 2.71. The number of carbonyl (C=O) groups is 1. The van der Waals surface area contributed by atoms with E-state index in [1.807, 2.05) is 31.2 Å². The Morgan fingerprint density at radius 3 is 2.46 bits per heavy atom. The van der Waals surface area contributed by atoms with Gasteiger partial charge in [-0.1, -0.05) is 19.1 Å². The molecule has 0 aliphatic rings. The minimum absolute atomic E-state index is 0.0921. The average Bonchev–Trinajstić information content (AvgIpc) is 2.04. The highest BCUT2D eigenvalue weighted by molar-refractivity contribution is 14.1. The minimum Gasteiger partial charge on any atom is -0.481 e. The third-order valence-corrected chi connectivity index (χ3v) is 2.64. The molecular formula is C10H11IO2. The number of benzene rings is 1. The molecular weight excluding hydrogens is 279 g/mol. The van der Waals surface area contributed by atoms with Crippen molar-refractivity contribution in [1.29, 1.82) is 0 Å². The zero-order valence-corrected chi connectivity index (χ0v) is 9.48. The molecule has 0 aromatic heterocycles. The van der Waals surface area contributed by atoms with Crippen LogP contribution in [-0.2, 0) is 4.79 Å². The van der Waals surface area contributed by atoms with Gasteiger partial charge in [0.2, 0.25) is 0 Å². The molecule has 0 radical (unpaired) electrons. The van der Waals surface area contributed by atoms with Gasteiger partial charge >= 0.3 is 5.97 Å². The van der Waals surface area contributed by atoms with Crippen LogP contribution in [0.3, 0.4) is 0 Å². The maximum atomic E-state index is 10.4. The van der Waals surface area contributed by atoms with Gasteiger partial charge in [-0.25, -0.2) is 0 Å². The highest BCUT2D eigenvalue weighted by Gasteiger charge is 2.09. The second-order valence-corrected chi connectivity index (χ2v) is 4.30. The second kappa shape index (κ2) is 4.60. The number of halogens is 1. The van der Waals surface area contributed by atoms with E-state index < -0.39 is 5.97 Å². The van der Waals surface area contributed by atoms with Crippen LogP contribution in [0.1, 0.15) is 24.8 Å². The molecule has 1 rings (SSSR count). The van der Waals surface area contributed by atoms with Crippen molar-refractivity contribution in [1.82, 2.24) is 0 Å². The van der Waals surface area contributed by atoms with Crippen LogP contribution in [0.5, 0.6) is 0 Å². The van der Waals surface area contributed by atoms with E-state index in [0.29, 0.717) is 0 Å². The van der Waals surface area contributed by atoms with E-state index in [9.17, 15) is 4.79 Å². The molecule has 3 heteroatoms. The van der Waals surface area contributed by atoms with E-state index in [0.717, 1.165) is 5.56 Å². The Morgan fingerprint density at radius 1 is 1.46 bits per heavy atom. The molecule has 0 amide bonds. The van der Waals surface area contributed by atoms with Crippen LogP contribution in [0.25, 0.3) is 0 Å². The summed E-state index contributed by atoms with van der Waals surface area (Å²) in [7, 11) is 0. The summed E-state index contributed by atoms with van der Waals surface area (Å²) in [6.45, 7) is 1.93. The first-order valence-corrected chi connectivity index (χ1v) is 5.14.